The Balaban J connectivity index is 5.13. The molecule has 0 aliphatic carbocycles. The molecule has 92 heavy (non-hydrogen) atoms. The molecule has 0 heterocycles. The molecule has 0 rings (SSSR count). The van der Waals surface area contributed by atoms with Gasteiger partial charge in [0, 0.05) is 25.7 Å². The largest absolute Gasteiger partial charge is 0.472 e. The van der Waals surface area contributed by atoms with E-state index in [9.17, 15) is 43.2 Å². The van der Waals surface area contributed by atoms with Gasteiger partial charge in [0.15, 0.2) is 12.2 Å². The summed E-state index contributed by atoms with van der Waals surface area (Å²) in [5.74, 6) is -1.38. The van der Waals surface area contributed by atoms with Crippen molar-refractivity contribution in [1.29, 1.82) is 0 Å². The van der Waals surface area contributed by atoms with Crippen LogP contribution in [0.25, 0.3) is 0 Å². The second-order valence-corrected chi connectivity index (χ2v) is 29.7. The number of hydrogen-bond donors (Lipinski definition) is 3. The summed E-state index contributed by atoms with van der Waals surface area (Å²) in [5, 5.41) is 10.6. The fraction of sp³-hybridized carbons (Fsp3) is 0.945. The molecule has 5 atom stereocenters. The highest BCUT2D eigenvalue weighted by Gasteiger charge is 2.30. The van der Waals surface area contributed by atoms with Gasteiger partial charge in [0.05, 0.1) is 26.4 Å². The van der Waals surface area contributed by atoms with Crippen LogP contribution < -0.4 is 0 Å². The molecule has 3 N–H and O–H groups in total. The van der Waals surface area contributed by atoms with Gasteiger partial charge in [0.25, 0.3) is 0 Å². The van der Waals surface area contributed by atoms with E-state index in [-0.39, 0.29) is 25.7 Å². The SMILES string of the molecule is CCCCCCCCCCCCCCCCCCCCCCCCC(=O)O[C@H](COC(=O)CCCCCCCCCCCC(C)C)COP(=O)(O)OC[C@@H](O)COP(=O)(O)OC[C@@H](COC(=O)CCCCCCCCCC)OC(=O)CCCCCCCCCCCC. The minimum absolute atomic E-state index is 0.106. The van der Waals surface area contributed by atoms with Crippen molar-refractivity contribution in [3.05, 3.63) is 0 Å². The lowest BCUT2D eigenvalue weighted by Crippen LogP contribution is -2.30. The van der Waals surface area contributed by atoms with E-state index < -0.39 is 97.5 Å². The summed E-state index contributed by atoms with van der Waals surface area (Å²) >= 11 is 0. The minimum atomic E-state index is -4.95. The average molecular weight is 1350 g/mol. The Morgan fingerprint density at radius 2 is 0.500 bits per heavy atom. The van der Waals surface area contributed by atoms with Gasteiger partial charge in [0.2, 0.25) is 0 Å². The van der Waals surface area contributed by atoms with Gasteiger partial charge in [-0.05, 0) is 31.6 Å². The van der Waals surface area contributed by atoms with Crippen LogP contribution in [0.1, 0.15) is 381 Å². The van der Waals surface area contributed by atoms with Gasteiger partial charge in [-0.2, -0.15) is 0 Å². The predicted molar refractivity (Wildman–Crippen MR) is 372 cm³/mol. The Morgan fingerprint density at radius 1 is 0.293 bits per heavy atom. The molecule has 0 saturated heterocycles. The number of carbonyl (C=O) groups excluding carboxylic acids is 4. The first-order valence-electron chi connectivity index (χ1n) is 38.1. The Bertz CT molecular complexity index is 1770. The molecule has 0 radical (unpaired) electrons. The maximum absolute atomic E-state index is 13.0. The first kappa shape index (κ1) is 90.1. The molecule has 2 unspecified atom stereocenters. The summed E-state index contributed by atoms with van der Waals surface area (Å²) < 4.78 is 68.3. The second-order valence-electron chi connectivity index (χ2n) is 26.8. The Hall–Kier alpha value is -1.94. The van der Waals surface area contributed by atoms with E-state index in [1.54, 1.807) is 0 Å². The van der Waals surface area contributed by atoms with Crippen molar-refractivity contribution in [2.75, 3.05) is 39.6 Å². The lowest BCUT2D eigenvalue weighted by molar-refractivity contribution is -0.161. The van der Waals surface area contributed by atoms with Crippen molar-refractivity contribution in [2.45, 2.75) is 400 Å². The number of esters is 4. The Labute approximate surface area is 562 Å². The number of aliphatic hydroxyl groups excluding tert-OH is 1. The first-order chi connectivity index (χ1) is 44.5. The summed E-state index contributed by atoms with van der Waals surface area (Å²) in [6.07, 6.45) is 54.4. The van der Waals surface area contributed by atoms with Crippen LogP contribution in [0.5, 0.6) is 0 Å². The second kappa shape index (κ2) is 66.3. The van der Waals surface area contributed by atoms with E-state index in [1.165, 1.54) is 199 Å². The molecule has 0 aromatic carbocycles. The number of carbonyl (C=O) groups is 4. The van der Waals surface area contributed by atoms with Gasteiger partial charge in [-0.3, -0.25) is 37.3 Å². The maximum Gasteiger partial charge on any atom is 0.472 e. The highest BCUT2D eigenvalue weighted by atomic mass is 31.2. The quantitative estimate of drug-likeness (QED) is 0.0222. The zero-order valence-electron chi connectivity index (χ0n) is 59.7. The van der Waals surface area contributed by atoms with Crippen LogP contribution in [-0.4, -0.2) is 96.7 Å². The van der Waals surface area contributed by atoms with E-state index >= 15 is 0 Å². The molecule has 0 aliphatic rings. The van der Waals surface area contributed by atoms with E-state index in [0.29, 0.717) is 25.7 Å². The molecule has 0 aromatic heterocycles. The van der Waals surface area contributed by atoms with Crippen LogP contribution in [0.4, 0.5) is 0 Å². The topological polar surface area (TPSA) is 237 Å². The van der Waals surface area contributed by atoms with Crippen LogP contribution in [0.3, 0.4) is 0 Å². The van der Waals surface area contributed by atoms with Gasteiger partial charge in [-0.25, -0.2) is 9.13 Å². The molecule has 19 heteroatoms. The molecule has 0 spiro atoms. The number of phosphoric acid groups is 2. The van der Waals surface area contributed by atoms with Gasteiger partial charge in [-0.15, -0.1) is 0 Å². The normalized spacial score (nSPS) is 14.0. The van der Waals surface area contributed by atoms with Crippen LogP contribution in [-0.2, 0) is 65.4 Å². The number of ether oxygens (including phenoxy) is 4. The van der Waals surface area contributed by atoms with Crippen molar-refractivity contribution < 1.29 is 80.2 Å². The standard InChI is InChI=1S/C73H142O17P2/c1-6-9-12-15-18-21-23-24-25-26-27-28-29-30-31-32-33-34-38-44-49-54-59-73(78)90-69(63-84-71(76)57-52-47-42-39-35-36-40-45-50-55-66(4)5)65-88-92(81,82)86-61-67(74)60-85-91(79,80)87-64-68(62-83-70(75)56-51-46-41-20-17-14-11-8-3)89-72(77)58-53-48-43-37-22-19-16-13-10-7-2/h66-69,74H,6-65H2,1-5H3,(H,79,80)(H,81,82)/t67-,68+,69+/m0/s1. The van der Waals surface area contributed by atoms with Crippen LogP contribution >= 0.6 is 15.6 Å². The fourth-order valence-corrected chi connectivity index (χ4v) is 12.8. The lowest BCUT2D eigenvalue weighted by atomic mass is 10.0. The smallest absolute Gasteiger partial charge is 0.462 e. The molecule has 0 amide bonds. The highest BCUT2D eigenvalue weighted by molar-refractivity contribution is 7.47. The molecule has 0 fully saturated rings. The monoisotopic (exact) mass is 1350 g/mol. The maximum atomic E-state index is 13.0. The van der Waals surface area contributed by atoms with E-state index in [0.717, 1.165) is 102 Å². The summed E-state index contributed by atoms with van der Waals surface area (Å²) in [4.78, 5) is 72.5. The lowest BCUT2D eigenvalue weighted by Gasteiger charge is -2.21. The third-order valence-electron chi connectivity index (χ3n) is 17.0. The van der Waals surface area contributed by atoms with Crippen LogP contribution in [0.15, 0.2) is 0 Å². The number of phosphoric ester groups is 2. The number of hydrogen-bond acceptors (Lipinski definition) is 15. The minimum Gasteiger partial charge on any atom is -0.462 e. The molecular formula is C73H142O17P2. The van der Waals surface area contributed by atoms with Crippen LogP contribution in [0, 0.1) is 5.92 Å². The summed E-state index contributed by atoms with van der Waals surface area (Å²) in [7, 11) is -9.90. The third kappa shape index (κ3) is 66.7. The summed E-state index contributed by atoms with van der Waals surface area (Å²) in [6, 6.07) is 0. The molecule has 0 bridgehead atoms. The zero-order valence-corrected chi connectivity index (χ0v) is 61.5. The van der Waals surface area contributed by atoms with Crippen molar-refractivity contribution in [3.8, 4) is 0 Å². The molecule has 546 valence electrons. The van der Waals surface area contributed by atoms with Crippen LogP contribution in [0.2, 0.25) is 0 Å². The molecule has 0 saturated carbocycles. The van der Waals surface area contributed by atoms with E-state index in [1.807, 2.05) is 0 Å². The Morgan fingerprint density at radius 3 is 0.739 bits per heavy atom. The fourth-order valence-electron chi connectivity index (χ4n) is 11.2. The third-order valence-corrected chi connectivity index (χ3v) is 18.9. The first-order valence-corrected chi connectivity index (χ1v) is 41.1. The molecule has 17 nitrogen and oxygen atoms in total. The predicted octanol–water partition coefficient (Wildman–Crippen LogP) is 21.3. The average Bonchev–Trinajstić information content (AvgIpc) is 2.20. The summed E-state index contributed by atoms with van der Waals surface area (Å²) in [6.45, 7) is 7.21. The van der Waals surface area contributed by atoms with Crippen molar-refractivity contribution in [1.82, 2.24) is 0 Å². The number of rotatable bonds is 73. The van der Waals surface area contributed by atoms with E-state index in [4.69, 9.17) is 37.0 Å². The van der Waals surface area contributed by atoms with Crippen molar-refractivity contribution >= 4 is 39.5 Å². The van der Waals surface area contributed by atoms with Gasteiger partial charge in [-0.1, -0.05) is 330 Å². The Kier molecular flexibility index (Phi) is 64.9. The molecule has 0 aromatic rings. The number of aliphatic hydroxyl groups is 1. The molecule has 0 aliphatic heterocycles. The highest BCUT2D eigenvalue weighted by Crippen LogP contribution is 2.45. The molecular weight excluding hydrogens is 1210 g/mol. The summed E-state index contributed by atoms with van der Waals surface area (Å²) in [5.41, 5.74) is 0. The van der Waals surface area contributed by atoms with Gasteiger partial charge < -0.3 is 33.8 Å². The van der Waals surface area contributed by atoms with E-state index in [2.05, 4.69) is 34.6 Å². The van der Waals surface area contributed by atoms with Gasteiger partial charge >= 0.3 is 39.5 Å². The van der Waals surface area contributed by atoms with Crippen molar-refractivity contribution in [3.63, 3.8) is 0 Å². The zero-order chi connectivity index (χ0) is 67.7. The van der Waals surface area contributed by atoms with Gasteiger partial charge in [0.1, 0.15) is 19.3 Å². The van der Waals surface area contributed by atoms with Crippen molar-refractivity contribution in [2.24, 2.45) is 5.92 Å². The number of unbranched alkanes of at least 4 members (excludes halogenated alkanes) is 45.